The van der Waals surface area contributed by atoms with Crippen molar-refractivity contribution in [3.63, 3.8) is 0 Å². The van der Waals surface area contributed by atoms with E-state index < -0.39 is 0 Å². The predicted octanol–water partition coefficient (Wildman–Crippen LogP) is 4.48. The molecule has 2 fully saturated rings. The average Bonchev–Trinajstić information content (AvgIpc) is 3.22. The Morgan fingerprint density at radius 3 is 2.50 bits per heavy atom. The molecule has 0 aromatic heterocycles. The highest BCUT2D eigenvalue weighted by Crippen LogP contribution is 2.43. The summed E-state index contributed by atoms with van der Waals surface area (Å²) in [6.07, 6.45) is 7.10. The van der Waals surface area contributed by atoms with Gasteiger partial charge in [0, 0.05) is 0 Å². The lowest BCUT2D eigenvalue weighted by molar-refractivity contribution is 0.0565. The zero-order valence-electron chi connectivity index (χ0n) is 12.6. The van der Waals surface area contributed by atoms with Gasteiger partial charge in [0.25, 0.3) is 0 Å². The highest BCUT2D eigenvalue weighted by Gasteiger charge is 2.31. The molecule has 110 valence electrons. The molecule has 2 aliphatic rings. The molecule has 0 aliphatic heterocycles. The quantitative estimate of drug-likeness (QED) is 0.877. The molecular weight excluding hydrogens is 248 g/mol. The summed E-state index contributed by atoms with van der Waals surface area (Å²) >= 11 is 0. The maximum Gasteiger partial charge on any atom is 0.120 e. The van der Waals surface area contributed by atoms with Crippen molar-refractivity contribution in [1.29, 1.82) is 0 Å². The summed E-state index contributed by atoms with van der Waals surface area (Å²) < 4.78 is 5.83. The minimum absolute atomic E-state index is 0.339. The Morgan fingerprint density at radius 2 is 1.85 bits per heavy atom. The van der Waals surface area contributed by atoms with Crippen LogP contribution < -0.4 is 4.74 Å². The van der Waals surface area contributed by atoms with Gasteiger partial charge in [-0.1, -0.05) is 26.0 Å². The fraction of sp³-hybridized carbons (Fsp3) is 0.667. The van der Waals surface area contributed by atoms with Gasteiger partial charge in [-0.25, -0.2) is 0 Å². The summed E-state index contributed by atoms with van der Waals surface area (Å²) in [7, 11) is 0. The van der Waals surface area contributed by atoms with Crippen LogP contribution in [0.3, 0.4) is 0 Å². The van der Waals surface area contributed by atoms with Crippen molar-refractivity contribution in [1.82, 2.24) is 0 Å². The van der Waals surface area contributed by atoms with Gasteiger partial charge in [0.1, 0.15) is 5.75 Å². The Balaban J connectivity index is 1.65. The van der Waals surface area contributed by atoms with E-state index in [0.29, 0.717) is 17.4 Å². The van der Waals surface area contributed by atoms with Crippen LogP contribution >= 0.6 is 0 Å². The molecule has 0 spiro atoms. The molecule has 2 heteroatoms. The van der Waals surface area contributed by atoms with Crippen molar-refractivity contribution in [2.24, 2.45) is 11.3 Å². The van der Waals surface area contributed by atoms with Crippen molar-refractivity contribution >= 4 is 0 Å². The summed E-state index contributed by atoms with van der Waals surface area (Å²) in [5.74, 6) is 1.32. The lowest BCUT2D eigenvalue weighted by atomic mass is 9.71. The Bertz CT molecular complexity index is 452. The molecule has 20 heavy (non-hydrogen) atoms. The van der Waals surface area contributed by atoms with Crippen molar-refractivity contribution in [3.8, 4) is 5.75 Å². The average molecular weight is 274 g/mol. The number of hydrogen-bond acceptors (Lipinski definition) is 2. The number of aliphatic hydroxyl groups excluding tert-OH is 1. The largest absolute Gasteiger partial charge is 0.490 e. The Kier molecular flexibility index (Phi) is 3.76. The molecule has 2 saturated carbocycles. The SMILES string of the molecule is CC1(C)CCC(C(O)c2cccc(OC3CC3)c2)CC1. The maximum absolute atomic E-state index is 10.6. The summed E-state index contributed by atoms with van der Waals surface area (Å²) in [5, 5.41) is 10.6. The first-order chi connectivity index (χ1) is 9.53. The molecule has 0 radical (unpaired) electrons. The molecule has 0 amide bonds. The van der Waals surface area contributed by atoms with Crippen molar-refractivity contribution < 1.29 is 9.84 Å². The van der Waals surface area contributed by atoms with Crippen LogP contribution in [0.25, 0.3) is 0 Å². The highest BCUT2D eigenvalue weighted by atomic mass is 16.5. The number of rotatable bonds is 4. The summed E-state index contributed by atoms with van der Waals surface area (Å²) in [4.78, 5) is 0. The zero-order chi connectivity index (χ0) is 14.2. The second kappa shape index (κ2) is 5.40. The van der Waals surface area contributed by atoms with E-state index in [4.69, 9.17) is 4.74 Å². The van der Waals surface area contributed by atoms with Crippen LogP contribution in [-0.4, -0.2) is 11.2 Å². The van der Waals surface area contributed by atoms with Crippen molar-refractivity contribution in [3.05, 3.63) is 29.8 Å². The normalized spacial score (nSPS) is 24.4. The molecule has 2 aliphatic carbocycles. The van der Waals surface area contributed by atoms with Gasteiger partial charge in [0.05, 0.1) is 12.2 Å². The van der Waals surface area contributed by atoms with E-state index in [1.54, 1.807) is 0 Å². The number of ether oxygens (including phenoxy) is 1. The Morgan fingerprint density at radius 1 is 1.15 bits per heavy atom. The molecule has 1 aromatic carbocycles. The van der Waals surface area contributed by atoms with Gasteiger partial charge >= 0.3 is 0 Å². The summed E-state index contributed by atoms with van der Waals surface area (Å²) in [6, 6.07) is 8.06. The van der Waals surface area contributed by atoms with Gasteiger partial charge < -0.3 is 9.84 Å². The molecular formula is C18H26O2. The van der Waals surface area contributed by atoms with Crippen LogP contribution in [0, 0.1) is 11.3 Å². The molecule has 1 N–H and O–H groups in total. The van der Waals surface area contributed by atoms with E-state index in [-0.39, 0.29) is 6.10 Å². The van der Waals surface area contributed by atoms with E-state index in [9.17, 15) is 5.11 Å². The van der Waals surface area contributed by atoms with Gasteiger partial charge in [-0.15, -0.1) is 0 Å². The van der Waals surface area contributed by atoms with E-state index in [1.807, 2.05) is 24.3 Å². The Hall–Kier alpha value is -1.02. The lowest BCUT2D eigenvalue weighted by Gasteiger charge is -2.36. The van der Waals surface area contributed by atoms with Crippen LogP contribution in [-0.2, 0) is 0 Å². The summed E-state index contributed by atoms with van der Waals surface area (Å²) in [6.45, 7) is 4.67. The number of aliphatic hydroxyl groups is 1. The molecule has 3 rings (SSSR count). The van der Waals surface area contributed by atoms with Gasteiger partial charge in [0.2, 0.25) is 0 Å². The van der Waals surface area contributed by atoms with Crippen LogP contribution in [0.1, 0.15) is 64.0 Å². The molecule has 1 aromatic rings. The topological polar surface area (TPSA) is 29.5 Å². The van der Waals surface area contributed by atoms with E-state index in [1.165, 1.54) is 25.7 Å². The van der Waals surface area contributed by atoms with Gasteiger partial charge in [-0.05, 0) is 67.6 Å². The first-order valence-electron chi connectivity index (χ1n) is 7.98. The van der Waals surface area contributed by atoms with Crippen molar-refractivity contribution in [2.45, 2.75) is 64.6 Å². The third-order valence-corrected chi connectivity index (χ3v) is 4.86. The first-order valence-corrected chi connectivity index (χ1v) is 7.98. The predicted molar refractivity (Wildman–Crippen MR) is 80.8 cm³/mol. The smallest absolute Gasteiger partial charge is 0.120 e. The molecule has 1 atom stereocenters. The van der Waals surface area contributed by atoms with Gasteiger partial charge in [-0.2, -0.15) is 0 Å². The lowest BCUT2D eigenvalue weighted by Crippen LogP contribution is -2.25. The maximum atomic E-state index is 10.6. The fourth-order valence-corrected chi connectivity index (χ4v) is 3.16. The van der Waals surface area contributed by atoms with E-state index in [0.717, 1.165) is 24.2 Å². The van der Waals surface area contributed by atoms with Crippen LogP contribution in [0.15, 0.2) is 24.3 Å². The minimum atomic E-state index is -0.339. The van der Waals surface area contributed by atoms with Gasteiger partial charge in [-0.3, -0.25) is 0 Å². The molecule has 2 nitrogen and oxygen atoms in total. The molecule has 1 unspecified atom stereocenters. The monoisotopic (exact) mass is 274 g/mol. The third-order valence-electron chi connectivity index (χ3n) is 4.86. The van der Waals surface area contributed by atoms with E-state index in [2.05, 4.69) is 13.8 Å². The minimum Gasteiger partial charge on any atom is -0.490 e. The molecule has 0 heterocycles. The number of hydrogen-bond donors (Lipinski definition) is 1. The molecule has 0 bridgehead atoms. The Labute approximate surface area is 122 Å². The standard InChI is InChI=1S/C18H26O2/c1-18(2)10-8-13(9-11-18)17(19)14-4-3-5-16(12-14)20-15-6-7-15/h3-5,12-13,15,17,19H,6-11H2,1-2H3. The second-order valence-corrected chi connectivity index (χ2v) is 7.34. The summed E-state index contributed by atoms with van der Waals surface area (Å²) in [5.41, 5.74) is 1.47. The van der Waals surface area contributed by atoms with Crippen LogP contribution in [0.5, 0.6) is 5.75 Å². The van der Waals surface area contributed by atoms with Crippen LogP contribution in [0.2, 0.25) is 0 Å². The first kappa shape index (κ1) is 13.9. The van der Waals surface area contributed by atoms with Gasteiger partial charge in [0.15, 0.2) is 0 Å². The van der Waals surface area contributed by atoms with Crippen LogP contribution in [0.4, 0.5) is 0 Å². The highest BCUT2D eigenvalue weighted by molar-refractivity contribution is 5.30. The van der Waals surface area contributed by atoms with E-state index >= 15 is 0 Å². The zero-order valence-corrected chi connectivity index (χ0v) is 12.6. The fourth-order valence-electron chi connectivity index (χ4n) is 3.16. The second-order valence-electron chi connectivity index (χ2n) is 7.34. The van der Waals surface area contributed by atoms with Crippen molar-refractivity contribution in [2.75, 3.05) is 0 Å². The molecule has 0 saturated heterocycles. The third kappa shape index (κ3) is 3.35. The number of benzene rings is 1.